The normalized spacial score (nSPS) is 11.0. The molecule has 0 saturated heterocycles. The van der Waals surface area contributed by atoms with Gasteiger partial charge < -0.3 is 4.74 Å². The van der Waals surface area contributed by atoms with Crippen LogP contribution >= 0.6 is 23.1 Å². The molecule has 3 aromatic rings. The summed E-state index contributed by atoms with van der Waals surface area (Å²) < 4.78 is 7.10. The number of nitrogens with zero attached hydrogens (tertiary/aromatic N) is 3. The van der Waals surface area contributed by atoms with Crippen LogP contribution in [0.4, 0.5) is 0 Å². The number of aromatic amines is 1. The Morgan fingerprint density at radius 1 is 1.36 bits per heavy atom. The zero-order chi connectivity index (χ0) is 17.6. The first-order valence-electron chi connectivity index (χ1n) is 8.08. The van der Waals surface area contributed by atoms with E-state index >= 15 is 0 Å². The Kier molecular flexibility index (Phi) is 5.93. The van der Waals surface area contributed by atoms with Crippen molar-refractivity contribution in [3.8, 4) is 16.3 Å². The van der Waals surface area contributed by atoms with Gasteiger partial charge in [0.15, 0.2) is 5.16 Å². The number of H-pyrrole nitrogens is 1. The Hall–Kier alpha value is -2.06. The summed E-state index contributed by atoms with van der Waals surface area (Å²) in [4.78, 5) is 16.5. The molecule has 0 aliphatic heterocycles. The molecule has 6 nitrogen and oxygen atoms in total. The van der Waals surface area contributed by atoms with Crippen molar-refractivity contribution in [2.75, 3.05) is 7.11 Å². The van der Waals surface area contributed by atoms with Gasteiger partial charge in [-0.25, -0.2) is 14.9 Å². The van der Waals surface area contributed by atoms with Crippen LogP contribution in [0.1, 0.15) is 25.5 Å². The Labute approximate surface area is 154 Å². The summed E-state index contributed by atoms with van der Waals surface area (Å²) in [7, 11) is 1.66. The van der Waals surface area contributed by atoms with Gasteiger partial charge in [-0.15, -0.1) is 16.4 Å². The van der Waals surface area contributed by atoms with Gasteiger partial charge in [-0.05, 0) is 18.6 Å². The van der Waals surface area contributed by atoms with E-state index in [1.807, 2.05) is 29.6 Å². The van der Waals surface area contributed by atoms with Gasteiger partial charge in [-0.3, -0.25) is 4.57 Å². The zero-order valence-electron chi connectivity index (χ0n) is 14.2. The summed E-state index contributed by atoms with van der Waals surface area (Å²) >= 11 is 3.11. The molecular formula is C17H20N4O2S2. The van der Waals surface area contributed by atoms with Crippen molar-refractivity contribution in [3.05, 3.63) is 45.8 Å². The summed E-state index contributed by atoms with van der Waals surface area (Å²) in [5.74, 6) is 1.49. The molecule has 0 bridgehead atoms. The van der Waals surface area contributed by atoms with Crippen molar-refractivity contribution in [1.29, 1.82) is 0 Å². The number of rotatable bonds is 8. The quantitative estimate of drug-likeness (QED) is 0.606. The summed E-state index contributed by atoms with van der Waals surface area (Å²) in [6.07, 6.45) is 2.00. The predicted octanol–water partition coefficient (Wildman–Crippen LogP) is 3.80. The highest BCUT2D eigenvalue weighted by Gasteiger charge is 2.12. The monoisotopic (exact) mass is 376 g/mol. The number of aromatic nitrogens is 4. The molecule has 2 heterocycles. The highest BCUT2D eigenvalue weighted by molar-refractivity contribution is 7.98. The van der Waals surface area contributed by atoms with E-state index in [1.54, 1.807) is 23.0 Å². The first-order chi connectivity index (χ1) is 12.2. The largest absolute Gasteiger partial charge is 0.496 e. The third-order valence-electron chi connectivity index (χ3n) is 3.70. The van der Waals surface area contributed by atoms with Gasteiger partial charge in [0, 0.05) is 17.7 Å². The third kappa shape index (κ3) is 4.13. The number of ether oxygens (including phenoxy) is 1. The number of unbranched alkanes of at least 4 members (excludes halogenated alkanes) is 1. The smallest absolute Gasteiger partial charge is 0.343 e. The molecule has 1 aromatic carbocycles. The van der Waals surface area contributed by atoms with E-state index in [0.29, 0.717) is 17.5 Å². The van der Waals surface area contributed by atoms with Crippen LogP contribution in [-0.2, 0) is 12.3 Å². The molecule has 25 heavy (non-hydrogen) atoms. The average Bonchev–Trinajstić information content (AvgIpc) is 3.25. The first kappa shape index (κ1) is 17.8. The maximum atomic E-state index is 11.8. The molecule has 0 saturated carbocycles. The maximum Gasteiger partial charge on any atom is 0.343 e. The van der Waals surface area contributed by atoms with Crippen LogP contribution < -0.4 is 10.4 Å². The second kappa shape index (κ2) is 8.35. The Morgan fingerprint density at radius 3 is 3.00 bits per heavy atom. The van der Waals surface area contributed by atoms with Gasteiger partial charge in [0.05, 0.1) is 18.4 Å². The summed E-state index contributed by atoms with van der Waals surface area (Å²) in [6.45, 7) is 2.80. The van der Waals surface area contributed by atoms with Crippen molar-refractivity contribution in [1.82, 2.24) is 19.7 Å². The molecule has 2 aromatic heterocycles. The molecule has 0 unspecified atom stereocenters. The van der Waals surface area contributed by atoms with Crippen molar-refractivity contribution < 1.29 is 4.74 Å². The highest BCUT2D eigenvalue weighted by atomic mass is 32.2. The lowest BCUT2D eigenvalue weighted by atomic mass is 10.2. The van der Waals surface area contributed by atoms with Gasteiger partial charge in [0.25, 0.3) is 0 Å². The van der Waals surface area contributed by atoms with Crippen molar-refractivity contribution >= 4 is 23.1 Å². The van der Waals surface area contributed by atoms with E-state index in [1.165, 1.54) is 11.8 Å². The third-order valence-corrected chi connectivity index (χ3v) is 5.63. The minimum absolute atomic E-state index is 0.149. The summed E-state index contributed by atoms with van der Waals surface area (Å²) in [5.41, 5.74) is 1.81. The van der Waals surface area contributed by atoms with Crippen LogP contribution in [0.5, 0.6) is 5.75 Å². The number of thioether (sulfide) groups is 1. The average molecular weight is 377 g/mol. The molecule has 0 spiro atoms. The van der Waals surface area contributed by atoms with E-state index in [4.69, 9.17) is 9.72 Å². The SMILES string of the molecule is CCCCn1c(SCc2csc(-c3ccccc3OC)n2)n[nH]c1=O. The van der Waals surface area contributed by atoms with E-state index in [2.05, 4.69) is 17.1 Å². The van der Waals surface area contributed by atoms with Crippen LogP contribution in [-0.4, -0.2) is 26.9 Å². The molecule has 0 aliphatic carbocycles. The lowest BCUT2D eigenvalue weighted by Gasteiger charge is -2.05. The fourth-order valence-corrected chi connectivity index (χ4v) is 4.20. The molecule has 0 radical (unpaired) electrons. The molecule has 0 atom stereocenters. The van der Waals surface area contributed by atoms with Crippen LogP contribution in [0.15, 0.2) is 39.6 Å². The van der Waals surface area contributed by atoms with Crippen LogP contribution in [0.25, 0.3) is 10.6 Å². The molecule has 0 fully saturated rings. The van der Waals surface area contributed by atoms with E-state index < -0.39 is 0 Å². The summed E-state index contributed by atoms with van der Waals surface area (Å²) in [6, 6.07) is 7.86. The minimum atomic E-state index is -0.149. The Balaban J connectivity index is 1.72. The van der Waals surface area contributed by atoms with Crippen molar-refractivity contribution in [2.24, 2.45) is 0 Å². The number of hydrogen-bond donors (Lipinski definition) is 1. The lowest BCUT2D eigenvalue weighted by Crippen LogP contribution is -2.17. The lowest BCUT2D eigenvalue weighted by molar-refractivity contribution is 0.416. The van der Waals surface area contributed by atoms with Gasteiger partial charge >= 0.3 is 5.69 Å². The Morgan fingerprint density at radius 2 is 2.20 bits per heavy atom. The maximum absolute atomic E-state index is 11.8. The number of thiazole rings is 1. The number of nitrogens with one attached hydrogen (secondary N) is 1. The molecule has 132 valence electrons. The van der Waals surface area contributed by atoms with Crippen molar-refractivity contribution in [3.63, 3.8) is 0 Å². The van der Waals surface area contributed by atoms with Crippen LogP contribution in [0.2, 0.25) is 0 Å². The second-order valence-corrected chi connectivity index (χ2v) is 7.25. The van der Waals surface area contributed by atoms with Gasteiger partial charge in [0.1, 0.15) is 10.8 Å². The fraction of sp³-hybridized carbons (Fsp3) is 0.353. The van der Waals surface area contributed by atoms with E-state index in [9.17, 15) is 4.79 Å². The molecule has 0 aliphatic rings. The Bertz CT molecular complexity index is 885. The summed E-state index contributed by atoms with van der Waals surface area (Å²) in [5, 5.41) is 10.3. The number of methoxy groups -OCH3 is 1. The topological polar surface area (TPSA) is 72.8 Å². The van der Waals surface area contributed by atoms with Gasteiger partial charge in [-0.1, -0.05) is 37.2 Å². The number of benzene rings is 1. The fourth-order valence-electron chi connectivity index (χ4n) is 2.38. The van der Waals surface area contributed by atoms with Crippen molar-refractivity contribution in [2.45, 2.75) is 37.2 Å². The van der Waals surface area contributed by atoms with Gasteiger partial charge in [0.2, 0.25) is 0 Å². The van der Waals surface area contributed by atoms with Crippen LogP contribution in [0.3, 0.4) is 0 Å². The minimum Gasteiger partial charge on any atom is -0.496 e. The highest BCUT2D eigenvalue weighted by Crippen LogP contribution is 2.33. The van der Waals surface area contributed by atoms with Gasteiger partial charge in [-0.2, -0.15) is 0 Å². The predicted molar refractivity (Wildman–Crippen MR) is 101 cm³/mol. The van der Waals surface area contributed by atoms with E-state index in [-0.39, 0.29) is 5.69 Å². The first-order valence-corrected chi connectivity index (χ1v) is 9.95. The molecule has 8 heteroatoms. The zero-order valence-corrected chi connectivity index (χ0v) is 15.8. The van der Waals surface area contributed by atoms with Crippen LogP contribution in [0, 0.1) is 0 Å². The second-order valence-electron chi connectivity index (χ2n) is 5.45. The molecular weight excluding hydrogens is 356 g/mol. The number of para-hydroxylation sites is 1. The standard InChI is InChI=1S/C17H20N4O2S2/c1-3-4-9-21-16(22)19-20-17(21)25-11-12-10-24-15(18-12)13-7-5-6-8-14(13)23-2/h5-8,10H,3-4,9,11H2,1-2H3,(H,19,22). The molecule has 0 amide bonds. The van der Waals surface area contributed by atoms with E-state index in [0.717, 1.165) is 34.9 Å². The molecule has 1 N–H and O–H groups in total. The molecule has 3 rings (SSSR count). The number of hydrogen-bond acceptors (Lipinski definition) is 6.